The maximum absolute atomic E-state index is 11.8. The van der Waals surface area contributed by atoms with E-state index in [1.54, 1.807) is 14.2 Å². The lowest BCUT2D eigenvalue weighted by molar-refractivity contribution is -0.164. The van der Waals surface area contributed by atoms with E-state index >= 15 is 0 Å². The fourth-order valence-electron chi connectivity index (χ4n) is 7.72. The number of carbonyl (C=O) groups is 1. The smallest absolute Gasteiger partial charge is 0.306 e. The largest absolute Gasteiger partial charge is 0.481 e. The molecule has 4 aliphatic rings. The highest BCUT2D eigenvalue weighted by atomic mass is 16.7. The molecule has 32 heavy (non-hydrogen) atoms. The zero-order valence-electron chi connectivity index (χ0n) is 20.3. The first kappa shape index (κ1) is 23.9. The Labute approximate surface area is 192 Å². The number of fused-ring (bicyclic) bond motifs is 5. The molecule has 0 aromatic heterocycles. The van der Waals surface area contributed by atoms with Crippen molar-refractivity contribution < 1.29 is 28.8 Å². The molecule has 1 unspecified atom stereocenters. The van der Waals surface area contributed by atoms with Crippen molar-refractivity contribution in [1.82, 2.24) is 0 Å². The summed E-state index contributed by atoms with van der Waals surface area (Å²) in [4.78, 5) is 11.8. The van der Waals surface area contributed by atoms with Gasteiger partial charge in [-0.3, -0.25) is 4.79 Å². The Morgan fingerprint density at radius 1 is 1.09 bits per heavy atom. The van der Waals surface area contributed by atoms with Gasteiger partial charge in [0.15, 0.2) is 0 Å². The van der Waals surface area contributed by atoms with Crippen molar-refractivity contribution in [2.45, 2.75) is 71.5 Å². The minimum absolute atomic E-state index is 0.0116. The predicted molar refractivity (Wildman–Crippen MR) is 121 cm³/mol. The maximum atomic E-state index is 11.8. The van der Waals surface area contributed by atoms with Crippen molar-refractivity contribution in [3.05, 3.63) is 23.3 Å². The molecule has 0 radical (unpaired) electrons. The van der Waals surface area contributed by atoms with Gasteiger partial charge in [-0.1, -0.05) is 44.1 Å². The van der Waals surface area contributed by atoms with E-state index in [-0.39, 0.29) is 41.7 Å². The van der Waals surface area contributed by atoms with Crippen molar-refractivity contribution in [3.8, 4) is 0 Å². The van der Waals surface area contributed by atoms with Crippen LogP contribution in [0, 0.1) is 34.5 Å². The number of aliphatic carboxylic acids is 1. The van der Waals surface area contributed by atoms with Crippen molar-refractivity contribution >= 4 is 5.97 Å². The monoisotopic (exact) mass is 448 g/mol. The summed E-state index contributed by atoms with van der Waals surface area (Å²) in [6.07, 6.45) is 10.7. The molecule has 0 bridgehead atoms. The lowest BCUT2D eigenvalue weighted by atomic mass is 9.49. The van der Waals surface area contributed by atoms with Gasteiger partial charge in [0.05, 0.1) is 18.1 Å². The van der Waals surface area contributed by atoms with Crippen molar-refractivity contribution in [2.75, 3.05) is 27.8 Å². The summed E-state index contributed by atoms with van der Waals surface area (Å²) in [6, 6.07) is 0. The van der Waals surface area contributed by atoms with E-state index in [2.05, 4.69) is 26.0 Å². The number of hydrogen-bond donors (Lipinski definition) is 1. The van der Waals surface area contributed by atoms with E-state index in [1.165, 1.54) is 11.1 Å². The van der Waals surface area contributed by atoms with Crippen LogP contribution in [-0.2, 0) is 23.7 Å². The third-order valence-corrected chi connectivity index (χ3v) is 9.47. The van der Waals surface area contributed by atoms with Crippen LogP contribution in [0.1, 0.15) is 59.3 Å². The molecule has 3 fully saturated rings. The van der Waals surface area contributed by atoms with Gasteiger partial charge >= 0.3 is 5.97 Å². The molecule has 180 valence electrons. The Hall–Kier alpha value is -1.21. The van der Waals surface area contributed by atoms with Gasteiger partial charge in [-0.15, -0.1) is 0 Å². The summed E-state index contributed by atoms with van der Waals surface area (Å²) >= 11 is 0. The van der Waals surface area contributed by atoms with E-state index in [9.17, 15) is 9.90 Å². The minimum Gasteiger partial charge on any atom is -0.481 e. The molecule has 8 atom stereocenters. The number of carboxylic acids is 1. The molecule has 0 saturated heterocycles. The molecule has 6 nitrogen and oxygen atoms in total. The Morgan fingerprint density at radius 3 is 2.50 bits per heavy atom. The van der Waals surface area contributed by atoms with Gasteiger partial charge in [0.2, 0.25) is 0 Å². The fourth-order valence-corrected chi connectivity index (χ4v) is 7.72. The van der Waals surface area contributed by atoms with E-state index in [1.807, 2.05) is 6.92 Å². The molecule has 0 aromatic carbocycles. The quantitative estimate of drug-likeness (QED) is 0.538. The summed E-state index contributed by atoms with van der Waals surface area (Å²) in [5.74, 6) is 0.161. The van der Waals surface area contributed by atoms with E-state index in [4.69, 9.17) is 18.9 Å². The number of methoxy groups -OCH3 is 2. The standard InChI is InChI=1S/C26H40O6/c1-16(24(27)28)20-8-9-21-19-7-6-17-12-18(31-14-29-4)13-23(32-15-30-5)26(17,3)22(19)10-11-25(20,21)2/h6-7,16,18,20-23H,8-15H2,1-5H3,(H,27,28)/t16?,18-,20-,21+,22+,23+,25-,26+/m1/s1. The highest BCUT2D eigenvalue weighted by Crippen LogP contribution is 2.66. The summed E-state index contributed by atoms with van der Waals surface area (Å²) in [6.45, 7) is 7.19. The zero-order chi connectivity index (χ0) is 23.1. The van der Waals surface area contributed by atoms with Gasteiger partial charge in [-0.25, -0.2) is 0 Å². The van der Waals surface area contributed by atoms with Crippen LogP contribution in [-0.4, -0.2) is 51.1 Å². The molecule has 1 N–H and O–H groups in total. The second-order valence-electron chi connectivity index (χ2n) is 10.8. The molecular weight excluding hydrogens is 408 g/mol. The zero-order valence-corrected chi connectivity index (χ0v) is 20.3. The van der Waals surface area contributed by atoms with E-state index in [0.29, 0.717) is 18.6 Å². The maximum Gasteiger partial charge on any atom is 0.306 e. The van der Waals surface area contributed by atoms with Crippen LogP contribution in [0.2, 0.25) is 0 Å². The van der Waals surface area contributed by atoms with Crippen LogP contribution in [0.4, 0.5) is 0 Å². The Kier molecular flexibility index (Phi) is 6.88. The minimum atomic E-state index is -0.659. The SMILES string of the molecule is COCO[C@@H]1CC2=CC=C3[C@@H]4CC[C@H](C(C)C(=O)O)[C@@]4(C)CC[C@@H]3[C@@]2(C)[C@@H](OCOC)C1. The third-order valence-electron chi connectivity index (χ3n) is 9.47. The van der Waals surface area contributed by atoms with Crippen molar-refractivity contribution in [1.29, 1.82) is 0 Å². The van der Waals surface area contributed by atoms with Gasteiger partial charge in [-0.05, 0) is 55.3 Å². The Balaban J connectivity index is 1.65. The van der Waals surface area contributed by atoms with Gasteiger partial charge in [0.25, 0.3) is 0 Å². The van der Waals surface area contributed by atoms with Crippen molar-refractivity contribution in [3.63, 3.8) is 0 Å². The Morgan fingerprint density at radius 2 is 1.81 bits per heavy atom. The molecular formula is C26H40O6. The summed E-state index contributed by atoms with van der Waals surface area (Å²) in [7, 11) is 3.32. The third kappa shape index (κ3) is 3.77. The summed E-state index contributed by atoms with van der Waals surface area (Å²) in [5, 5.41) is 9.71. The first-order valence-electron chi connectivity index (χ1n) is 12.1. The summed E-state index contributed by atoms with van der Waals surface area (Å²) < 4.78 is 22.7. The van der Waals surface area contributed by atoms with Crippen LogP contribution >= 0.6 is 0 Å². The number of ether oxygens (including phenoxy) is 4. The fraction of sp³-hybridized carbons (Fsp3) is 0.808. The van der Waals surface area contributed by atoms with Crippen LogP contribution in [0.25, 0.3) is 0 Å². The van der Waals surface area contributed by atoms with Gasteiger partial charge in [0.1, 0.15) is 13.6 Å². The molecule has 0 spiro atoms. The topological polar surface area (TPSA) is 74.2 Å². The van der Waals surface area contributed by atoms with Gasteiger partial charge in [0, 0.05) is 26.1 Å². The van der Waals surface area contributed by atoms with Crippen LogP contribution in [0.15, 0.2) is 23.3 Å². The summed E-state index contributed by atoms with van der Waals surface area (Å²) in [5.41, 5.74) is 2.89. The molecule has 0 heterocycles. The van der Waals surface area contributed by atoms with Crippen molar-refractivity contribution in [2.24, 2.45) is 34.5 Å². The Bertz CT molecular complexity index is 774. The molecule has 0 aromatic rings. The molecule has 0 amide bonds. The van der Waals surface area contributed by atoms with E-state index in [0.717, 1.165) is 38.5 Å². The van der Waals surface area contributed by atoms with Crippen LogP contribution in [0.5, 0.6) is 0 Å². The number of hydrogen-bond acceptors (Lipinski definition) is 5. The molecule has 4 aliphatic carbocycles. The van der Waals surface area contributed by atoms with Gasteiger partial charge in [-0.2, -0.15) is 0 Å². The number of carboxylic acid groups (broad SMARTS) is 1. The lowest BCUT2D eigenvalue weighted by Gasteiger charge is -2.57. The molecule has 6 heteroatoms. The number of rotatable bonds is 8. The second kappa shape index (κ2) is 9.21. The molecule has 4 rings (SSSR count). The first-order valence-corrected chi connectivity index (χ1v) is 12.1. The van der Waals surface area contributed by atoms with Crippen LogP contribution < -0.4 is 0 Å². The highest BCUT2D eigenvalue weighted by Gasteiger charge is 2.60. The first-order chi connectivity index (χ1) is 15.3. The average Bonchev–Trinajstić information content (AvgIpc) is 3.12. The normalized spacial score (nSPS) is 41.7. The van der Waals surface area contributed by atoms with Crippen LogP contribution in [0.3, 0.4) is 0 Å². The average molecular weight is 449 g/mol. The number of allylic oxidation sites excluding steroid dienone is 3. The predicted octanol–water partition coefficient (Wildman–Crippen LogP) is 4.79. The van der Waals surface area contributed by atoms with E-state index < -0.39 is 5.97 Å². The highest BCUT2D eigenvalue weighted by molar-refractivity contribution is 5.70. The molecule has 0 aliphatic heterocycles. The molecule has 3 saturated carbocycles. The lowest BCUT2D eigenvalue weighted by Crippen LogP contribution is -2.54. The second-order valence-corrected chi connectivity index (χ2v) is 10.8. The van der Waals surface area contributed by atoms with Gasteiger partial charge < -0.3 is 24.1 Å².